The van der Waals surface area contributed by atoms with Gasteiger partial charge in [-0.2, -0.15) is 17.9 Å². The zero-order chi connectivity index (χ0) is 10.8. The molecule has 2 rings (SSSR count). The summed E-state index contributed by atoms with van der Waals surface area (Å²) in [6, 6.07) is 3.58. The van der Waals surface area contributed by atoms with Crippen molar-refractivity contribution in [3.63, 3.8) is 0 Å². The highest BCUT2D eigenvalue weighted by Gasteiger charge is 2.20. The van der Waals surface area contributed by atoms with Crippen LogP contribution < -0.4 is 0 Å². The standard InChI is InChI=1S/C9H5N3OS2/c10-3-6(14)8(13)7-9-5(1-2-15-9)11-4-12-7/h1-2,4,6,14H. The Morgan fingerprint density at radius 2 is 2.40 bits per heavy atom. The molecule has 0 spiro atoms. The van der Waals surface area contributed by atoms with Crippen molar-refractivity contribution in [3.8, 4) is 6.07 Å². The second kappa shape index (κ2) is 3.96. The van der Waals surface area contributed by atoms with Crippen LogP contribution in [-0.2, 0) is 0 Å². The average Bonchev–Trinajstić information content (AvgIpc) is 2.74. The molecule has 0 aliphatic rings. The summed E-state index contributed by atoms with van der Waals surface area (Å²) in [5.41, 5.74) is 0.994. The summed E-state index contributed by atoms with van der Waals surface area (Å²) in [7, 11) is 0. The van der Waals surface area contributed by atoms with Crippen LogP contribution in [0.1, 0.15) is 10.5 Å². The number of Topliss-reactive ketones (excluding diaryl/α,β-unsaturated/α-hetero) is 1. The molecule has 4 nitrogen and oxygen atoms in total. The molecule has 0 saturated carbocycles. The Morgan fingerprint density at radius 3 is 3.13 bits per heavy atom. The van der Waals surface area contributed by atoms with Crippen LogP contribution in [0.25, 0.3) is 10.2 Å². The molecule has 0 N–H and O–H groups in total. The lowest BCUT2D eigenvalue weighted by Gasteiger charge is -2.00. The Bertz CT molecular complexity index is 558. The molecule has 0 aliphatic heterocycles. The summed E-state index contributed by atoms with van der Waals surface area (Å²) in [6.45, 7) is 0. The minimum Gasteiger partial charge on any atom is -0.290 e. The van der Waals surface area contributed by atoms with Crippen LogP contribution >= 0.6 is 24.0 Å². The highest BCUT2D eigenvalue weighted by Crippen LogP contribution is 2.22. The zero-order valence-electron chi connectivity index (χ0n) is 7.41. The molecule has 15 heavy (non-hydrogen) atoms. The number of thiol groups is 1. The number of nitriles is 1. The van der Waals surface area contributed by atoms with Gasteiger partial charge in [-0.1, -0.05) is 0 Å². The van der Waals surface area contributed by atoms with E-state index >= 15 is 0 Å². The van der Waals surface area contributed by atoms with Gasteiger partial charge < -0.3 is 0 Å². The number of carbonyl (C=O) groups is 1. The molecule has 2 heterocycles. The van der Waals surface area contributed by atoms with Gasteiger partial charge in [-0.3, -0.25) is 4.79 Å². The normalized spacial score (nSPS) is 12.3. The monoisotopic (exact) mass is 235 g/mol. The van der Waals surface area contributed by atoms with E-state index in [9.17, 15) is 4.79 Å². The van der Waals surface area contributed by atoms with Crippen molar-refractivity contribution in [1.29, 1.82) is 5.26 Å². The van der Waals surface area contributed by atoms with Gasteiger partial charge in [-0.25, -0.2) is 9.97 Å². The molecule has 0 aliphatic carbocycles. The van der Waals surface area contributed by atoms with Gasteiger partial charge in [-0.05, 0) is 11.4 Å². The van der Waals surface area contributed by atoms with Crippen molar-refractivity contribution in [1.82, 2.24) is 9.97 Å². The van der Waals surface area contributed by atoms with Crippen LogP contribution in [0.2, 0.25) is 0 Å². The van der Waals surface area contributed by atoms with Crippen molar-refractivity contribution in [2.45, 2.75) is 5.25 Å². The smallest absolute Gasteiger partial charge is 0.209 e. The first-order valence-corrected chi connectivity index (χ1v) is 5.43. The van der Waals surface area contributed by atoms with Crippen LogP contribution in [-0.4, -0.2) is 21.0 Å². The summed E-state index contributed by atoms with van der Waals surface area (Å²) in [5.74, 6) is -0.379. The highest BCUT2D eigenvalue weighted by atomic mass is 32.1. The quantitative estimate of drug-likeness (QED) is 0.635. The molecule has 0 fully saturated rings. The fourth-order valence-corrected chi connectivity index (χ4v) is 2.11. The van der Waals surface area contributed by atoms with E-state index in [2.05, 4.69) is 22.6 Å². The van der Waals surface area contributed by atoms with Crippen molar-refractivity contribution in [3.05, 3.63) is 23.5 Å². The molecule has 2 aromatic heterocycles. The van der Waals surface area contributed by atoms with Crippen LogP contribution in [0.15, 0.2) is 17.8 Å². The predicted molar refractivity (Wildman–Crippen MR) is 60.1 cm³/mol. The number of nitrogens with zero attached hydrogens (tertiary/aromatic N) is 3. The van der Waals surface area contributed by atoms with Crippen LogP contribution in [0.4, 0.5) is 0 Å². The number of ketones is 1. The van der Waals surface area contributed by atoms with E-state index in [0.29, 0.717) is 4.70 Å². The van der Waals surface area contributed by atoms with Gasteiger partial charge in [0.25, 0.3) is 0 Å². The Labute approximate surface area is 95.0 Å². The fraction of sp³-hybridized carbons (Fsp3) is 0.111. The van der Waals surface area contributed by atoms with Crippen LogP contribution in [0.5, 0.6) is 0 Å². The van der Waals surface area contributed by atoms with Gasteiger partial charge >= 0.3 is 0 Å². The Hall–Kier alpha value is -1.45. The van der Waals surface area contributed by atoms with Gasteiger partial charge in [-0.15, -0.1) is 11.3 Å². The molecule has 0 aromatic carbocycles. The number of rotatable bonds is 2. The maximum atomic E-state index is 11.7. The number of carbonyl (C=O) groups excluding carboxylic acids is 1. The third kappa shape index (κ3) is 1.71. The van der Waals surface area contributed by atoms with Gasteiger partial charge in [0, 0.05) is 0 Å². The topological polar surface area (TPSA) is 66.6 Å². The van der Waals surface area contributed by atoms with E-state index in [1.54, 1.807) is 12.1 Å². The summed E-state index contributed by atoms with van der Waals surface area (Å²) in [4.78, 5) is 19.6. The van der Waals surface area contributed by atoms with E-state index in [0.717, 1.165) is 5.52 Å². The SMILES string of the molecule is N#CC(S)C(=O)c1ncnc2ccsc12. The lowest BCUT2D eigenvalue weighted by Crippen LogP contribution is -2.14. The van der Waals surface area contributed by atoms with Crippen molar-refractivity contribution in [2.75, 3.05) is 0 Å². The van der Waals surface area contributed by atoms with E-state index in [1.807, 2.05) is 5.38 Å². The minimum absolute atomic E-state index is 0.275. The number of fused-ring (bicyclic) bond motifs is 1. The third-order valence-electron chi connectivity index (χ3n) is 1.85. The molecule has 2 aromatic rings. The van der Waals surface area contributed by atoms with Crippen molar-refractivity contribution < 1.29 is 4.79 Å². The predicted octanol–water partition coefficient (Wildman–Crippen LogP) is 1.70. The lowest BCUT2D eigenvalue weighted by atomic mass is 10.2. The van der Waals surface area contributed by atoms with E-state index in [-0.39, 0.29) is 11.5 Å². The van der Waals surface area contributed by atoms with Gasteiger partial charge in [0.1, 0.15) is 12.0 Å². The Morgan fingerprint density at radius 1 is 1.60 bits per heavy atom. The second-order valence-electron chi connectivity index (χ2n) is 2.75. The molecule has 0 amide bonds. The van der Waals surface area contributed by atoms with Gasteiger partial charge in [0.15, 0.2) is 5.25 Å². The summed E-state index contributed by atoms with van der Waals surface area (Å²) >= 11 is 5.26. The largest absolute Gasteiger partial charge is 0.290 e. The first-order valence-electron chi connectivity index (χ1n) is 4.04. The van der Waals surface area contributed by atoms with Crippen LogP contribution in [0, 0.1) is 11.3 Å². The van der Waals surface area contributed by atoms with Gasteiger partial charge in [0.2, 0.25) is 5.78 Å². The zero-order valence-corrected chi connectivity index (χ0v) is 9.13. The maximum Gasteiger partial charge on any atom is 0.209 e. The van der Waals surface area contributed by atoms with Crippen LogP contribution in [0.3, 0.4) is 0 Å². The lowest BCUT2D eigenvalue weighted by molar-refractivity contribution is 0.100. The molecule has 0 saturated heterocycles. The maximum absolute atomic E-state index is 11.7. The summed E-state index contributed by atoms with van der Waals surface area (Å²) in [6.07, 6.45) is 1.32. The van der Waals surface area contributed by atoms with E-state index in [1.165, 1.54) is 17.7 Å². The average molecular weight is 235 g/mol. The van der Waals surface area contributed by atoms with E-state index in [4.69, 9.17) is 5.26 Å². The van der Waals surface area contributed by atoms with Crippen molar-refractivity contribution in [2.24, 2.45) is 0 Å². The second-order valence-corrected chi connectivity index (χ2v) is 4.19. The highest BCUT2D eigenvalue weighted by molar-refractivity contribution is 7.82. The van der Waals surface area contributed by atoms with Gasteiger partial charge in [0.05, 0.1) is 16.3 Å². The molecular formula is C9H5N3OS2. The third-order valence-corrected chi connectivity index (χ3v) is 3.11. The fourth-order valence-electron chi connectivity index (χ4n) is 1.15. The minimum atomic E-state index is -0.967. The summed E-state index contributed by atoms with van der Waals surface area (Å²) < 4.78 is 0.705. The first-order chi connectivity index (χ1) is 7.24. The molecular weight excluding hydrogens is 230 g/mol. The molecule has 1 atom stereocenters. The molecule has 0 radical (unpaired) electrons. The summed E-state index contributed by atoms with van der Waals surface area (Å²) in [5, 5.41) is 9.46. The molecule has 74 valence electrons. The number of hydrogen-bond acceptors (Lipinski definition) is 6. The molecule has 6 heteroatoms. The van der Waals surface area contributed by atoms with Crippen molar-refractivity contribution >= 4 is 40.0 Å². The number of thiophene rings is 1. The number of hydrogen-bond donors (Lipinski definition) is 1. The number of aromatic nitrogens is 2. The van der Waals surface area contributed by atoms with E-state index < -0.39 is 5.25 Å². The molecule has 0 bridgehead atoms. The Kier molecular flexibility index (Phi) is 2.66. The first kappa shape index (κ1) is 10.1. The molecule has 1 unspecified atom stereocenters. The Balaban J connectivity index is 2.57.